The molecule has 0 bridgehead atoms. The van der Waals surface area contributed by atoms with Crippen molar-refractivity contribution in [3.63, 3.8) is 0 Å². The number of halogens is 2. The van der Waals surface area contributed by atoms with Crippen LogP contribution in [0, 0.1) is 5.82 Å². The molecule has 0 saturated carbocycles. The van der Waals surface area contributed by atoms with E-state index in [0.29, 0.717) is 0 Å². The second kappa shape index (κ2) is 3.74. The number of carbonyl (C=O) groups is 1. The highest BCUT2D eigenvalue weighted by molar-refractivity contribution is 9.10. The number of phenols is 1. The molecule has 0 unspecified atom stereocenters. The van der Waals surface area contributed by atoms with Crippen LogP contribution in [0.25, 0.3) is 0 Å². The molecule has 0 heterocycles. The van der Waals surface area contributed by atoms with Gasteiger partial charge < -0.3 is 9.84 Å². The maximum atomic E-state index is 12.8. The van der Waals surface area contributed by atoms with E-state index in [1.54, 1.807) is 0 Å². The number of phenolic OH excluding ortho intramolecular Hbond substituents is 1. The lowest BCUT2D eigenvalue weighted by Crippen LogP contribution is -2.01. The quantitative estimate of drug-likeness (QED) is 0.775. The number of esters is 1. The summed E-state index contributed by atoms with van der Waals surface area (Å²) in [6.07, 6.45) is 0. The Hall–Kier alpha value is -1.10. The summed E-state index contributed by atoms with van der Waals surface area (Å²) in [6.45, 7) is 0. The van der Waals surface area contributed by atoms with E-state index >= 15 is 0 Å². The van der Waals surface area contributed by atoms with Crippen molar-refractivity contribution in [3.8, 4) is 5.75 Å². The number of carbonyl (C=O) groups excluding carboxylic acids is 1. The average molecular weight is 249 g/mol. The van der Waals surface area contributed by atoms with Crippen LogP contribution < -0.4 is 0 Å². The molecule has 0 saturated heterocycles. The summed E-state index contributed by atoms with van der Waals surface area (Å²) < 4.78 is 17.3. The third kappa shape index (κ3) is 1.98. The summed E-state index contributed by atoms with van der Waals surface area (Å²) in [5, 5.41) is 9.01. The lowest BCUT2D eigenvalue weighted by Gasteiger charge is -2.02. The maximum absolute atomic E-state index is 12.8. The van der Waals surface area contributed by atoms with Gasteiger partial charge in [0.05, 0.1) is 17.1 Å². The monoisotopic (exact) mass is 248 g/mol. The second-order valence-corrected chi connectivity index (χ2v) is 3.13. The molecule has 13 heavy (non-hydrogen) atoms. The van der Waals surface area contributed by atoms with E-state index in [4.69, 9.17) is 5.11 Å². The minimum Gasteiger partial charge on any atom is -0.504 e. The van der Waals surface area contributed by atoms with Gasteiger partial charge in [-0.2, -0.15) is 0 Å². The maximum Gasteiger partial charge on any atom is 0.337 e. The summed E-state index contributed by atoms with van der Waals surface area (Å²) in [5.74, 6) is -2.04. The van der Waals surface area contributed by atoms with Crippen LogP contribution >= 0.6 is 15.9 Å². The zero-order valence-electron chi connectivity index (χ0n) is 6.67. The zero-order chi connectivity index (χ0) is 10.0. The molecule has 0 fully saturated rings. The smallest absolute Gasteiger partial charge is 0.337 e. The van der Waals surface area contributed by atoms with Crippen LogP contribution in [0.1, 0.15) is 10.4 Å². The Kier molecular flexibility index (Phi) is 2.87. The molecule has 0 atom stereocenters. The molecular formula is C8H6BrFO3. The fourth-order valence-electron chi connectivity index (χ4n) is 0.801. The van der Waals surface area contributed by atoms with E-state index in [0.717, 1.165) is 6.07 Å². The number of benzene rings is 1. The SMILES string of the molecule is COC(=O)c1cc(F)c(O)c(Br)c1. The van der Waals surface area contributed by atoms with Gasteiger partial charge in [-0.3, -0.25) is 0 Å². The fourth-order valence-corrected chi connectivity index (χ4v) is 1.24. The van der Waals surface area contributed by atoms with Crippen molar-refractivity contribution in [1.82, 2.24) is 0 Å². The Balaban J connectivity index is 3.20. The largest absolute Gasteiger partial charge is 0.504 e. The molecule has 1 aromatic rings. The number of hydrogen-bond acceptors (Lipinski definition) is 3. The molecule has 0 amide bonds. The van der Waals surface area contributed by atoms with Gasteiger partial charge in [0, 0.05) is 0 Å². The first-order valence-corrected chi connectivity index (χ1v) is 4.12. The Morgan fingerprint density at radius 1 is 1.62 bits per heavy atom. The van der Waals surface area contributed by atoms with Crippen LogP contribution in [0.4, 0.5) is 4.39 Å². The lowest BCUT2D eigenvalue weighted by atomic mass is 10.2. The Bertz CT molecular complexity index is 328. The highest BCUT2D eigenvalue weighted by Crippen LogP contribution is 2.28. The van der Waals surface area contributed by atoms with Crippen LogP contribution in [0.15, 0.2) is 16.6 Å². The topological polar surface area (TPSA) is 46.5 Å². The molecule has 0 aromatic heterocycles. The number of aromatic hydroxyl groups is 1. The molecule has 1 aromatic carbocycles. The van der Waals surface area contributed by atoms with Gasteiger partial charge >= 0.3 is 5.97 Å². The molecule has 0 aliphatic heterocycles. The van der Waals surface area contributed by atoms with Crippen LogP contribution in [0.2, 0.25) is 0 Å². The predicted octanol–water partition coefficient (Wildman–Crippen LogP) is 2.08. The van der Waals surface area contributed by atoms with E-state index in [9.17, 15) is 9.18 Å². The molecule has 70 valence electrons. The van der Waals surface area contributed by atoms with Gasteiger partial charge in [-0.25, -0.2) is 9.18 Å². The van der Waals surface area contributed by atoms with Crippen molar-refractivity contribution < 1.29 is 19.0 Å². The molecule has 5 heteroatoms. The Labute approximate surface area is 82.3 Å². The first kappa shape index (κ1) is 9.98. The normalized spacial score (nSPS) is 9.77. The van der Waals surface area contributed by atoms with E-state index in [1.807, 2.05) is 0 Å². The number of methoxy groups -OCH3 is 1. The summed E-state index contributed by atoms with van der Waals surface area (Å²) in [4.78, 5) is 10.9. The highest BCUT2D eigenvalue weighted by atomic mass is 79.9. The second-order valence-electron chi connectivity index (χ2n) is 2.28. The summed E-state index contributed by atoms with van der Waals surface area (Å²) in [5.41, 5.74) is 0.0460. The third-order valence-corrected chi connectivity index (χ3v) is 2.04. The summed E-state index contributed by atoms with van der Waals surface area (Å²) >= 11 is 2.90. The van der Waals surface area contributed by atoms with Crippen molar-refractivity contribution >= 4 is 21.9 Å². The highest BCUT2D eigenvalue weighted by Gasteiger charge is 2.12. The Morgan fingerprint density at radius 2 is 2.23 bits per heavy atom. The summed E-state index contributed by atoms with van der Waals surface area (Å²) in [7, 11) is 1.20. The molecule has 0 aliphatic carbocycles. The van der Waals surface area contributed by atoms with Gasteiger partial charge in [0.15, 0.2) is 11.6 Å². The molecule has 3 nitrogen and oxygen atoms in total. The number of rotatable bonds is 1. The van der Waals surface area contributed by atoms with Crippen molar-refractivity contribution in [2.45, 2.75) is 0 Å². The molecule has 1 rings (SSSR count). The van der Waals surface area contributed by atoms with Crippen molar-refractivity contribution in [1.29, 1.82) is 0 Å². The molecule has 0 radical (unpaired) electrons. The van der Waals surface area contributed by atoms with E-state index in [2.05, 4.69) is 20.7 Å². The van der Waals surface area contributed by atoms with Gasteiger partial charge in [0.25, 0.3) is 0 Å². The lowest BCUT2D eigenvalue weighted by molar-refractivity contribution is 0.0600. The van der Waals surface area contributed by atoms with Crippen LogP contribution in [-0.2, 0) is 4.74 Å². The van der Waals surface area contributed by atoms with Gasteiger partial charge in [0.1, 0.15) is 0 Å². The standard InChI is InChI=1S/C8H6BrFO3/c1-13-8(12)4-2-5(9)7(11)6(10)3-4/h2-3,11H,1H3. The van der Waals surface area contributed by atoms with Crippen molar-refractivity contribution in [2.24, 2.45) is 0 Å². The van der Waals surface area contributed by atoms with E-state index < -0.39 is 17.5 Å². The Morgan fingerprint density at radius 3 is 2.69 bits per heavy atom. The first-order valence-electron chi connectivity index (χ1n) is 3.32. The van der Waals surface area contributed by atoms with Gasteiger partial charge in [-0.1, -0.05) is 0 Å². The molecular weight excluding hydrogens is 243 g/mol. The first-order chi connectivity index (χ1) is 6.06. The third-order valence-electron chi connectivity index (χ3n) is 1.44. The number of hydrogen-bond donors (Lipinski definition) is 1. The minimum absolute atomic E-state index is 0.0460. The molecule has 0 spiro atoms. The van der Waals surface area contributed by atoms with Crippen molar-refractivity contribution in [3.05, 3.63) is 28.0 Å². The van der Waals surface area contributed by atoms with Gasteiger partial charge in [-0.15, -0.1) is 0 Å². The van der Waals surface area contributed by atoms with E-state index in [-0.39, 0.29) is 10.0 Å². The van der Waals surface area contributed by atoms with Gasteiger partial charge in [0.2, 0.25) is 0 Å². The van der Waals surface area contributed by atoms with Crippen LogP contribution in [0.5, 0.6) is 5.75 Å². The van der Waals surface area contributed by atoms with E-state index in [1.165, 1.54) is 13.2 Å². The molecule has 0 aliphatic rings. The zero-order valence-corrected chi connectivity index (χ0v) is 8.26. The van der Waals surface area contributed by atoms with Crippen LogP contribution in [-0.4, -0.2) is 18.2 Å². The fraction of sp³-hybridized carbons (Fsp3) is 0.125. The predicted molar refractivity (Wildman–Crippen MR) is 47.1 cm³/mol. The minimum atomic E-state index is -0.866. The number of ether oxygens (including phenoxy) is 1. The average Bonchev–Trinajstić information content (AvgIpc) is 2.12. The summed E-state index contributed by atoms with van der Waals surface area (Å²) in [6, 6.07) is 2.19. The van der Waals surface area contributed by atoms with Gasteiger partial charge in [-0.05, 0) is 28.1 Å². The van der Waals surface area contributed by atoms with Crippen molar-refractivity contribution in [2.75, 3.05) is 7.11 Å². The van der Waals surface area contributed by atoms with Crippen LogP contribution in [0.3, 0.4) is 0 Å². The molecule has 1 N–H and O–H groups in total.